The Bertz CT molecular complexity index is 491. The summed E-state index contributed by atoms with van der Waals surface area (Å²) in [5.74, 6) is 0. The van der Waals surface area contributed by atoms with Crippen molar-refractivity contribution in [1.29, 1.82) is 0 Å². The molecule has 0 aliphatic carbocycles. The van der Waals surface area contributed by atoms with Crippen LogP contribution in [0.15, 0.2) is 55.0 Å². The summed E-state index contributed by atoms with van der Waals surface area (Å²) in [6, 6.07) is 5.52. The molecule has 1 rings (SSSR count). The van der Waals surface area contributed by atoms with E-state index < -0.39 is 0 Å². The number of aliphatic imine (C=N–C) groups is 1. The Morgan fingerprint density at radius 1 is 1.29 bits per heavy atom. The molecule has 5 heteroatoms. The summed E-state index contributed by atoms with van der Waals surface area (Å²) in [7, 11) is 1.73. The van der Waals surface area contributed by atoms with Gasteiger partial charge in [0, 0.05) is 16.8 Å². The van der Waals surface area contributed by atoms with Gasteiger partial charge in [-0.15, -0.1) is 35.5 Å². The van der Waals surface area contributed by atoms with E-state index in [9.17, 15) is 0 Å². The first-order chi connectivity index (χ1) is 8.08. The van der Waals surface area contributed by atoms with Crippen molar-refractivity contribution in [1.82, 2.24) is 0 Å². The van der Waals surface area contributed by atoms with Crippen molar-refractivity contribution in [3.63, 3.8) is 0 Å². The predicted octanol–water partition coefficient (Wildman–Crippen LogP) is 4.34. The number of azo groups is 1. The van der Waals surface area contributed by atoms with Crippen LogP contribution in [-0.4, -0.2) is 12.8 Å². The Hall–Kier alpha value is -1.07. The average Bonchev–Trinajstić information content (AvgIpc) is 2.33. The number of hydrogen-bond donors (Lipinski definition) is 2. The van der Waals surface area contributed by atoms with Gasteiger partial charge in [-0.3, -0.25) is 4.99 Å². The third-order valence-electron chi connectivity index (χ3n) is 2.20. The summed E-state index contributed by atoms with van der Waals surface area (Å²) in [4.78, 5) is 5.68. The van der Waals surface area contributed by atoms with Crippen molar-refractivity contribution in [2.45, 2.75) is 23.6 Å². The largest absolute Gasteiger partial charge is 0.291 e. The van der Waals surface area contributed by atoms with Crippen LogP contribution in [0, 0.1) is 0 Å². The molecule has 0 aliphatic heterocycles. The minimum Gasteiger partial charge on any atom is -0.291 e. The highest BCUT2D eigenvalue weighted by Crippen LogP contribution is 2.26. The highest BCUT2D eigenvalue weighted by molar-refractivity contribution is 7.80. The second-order valence-electron chi connectivity index (χ2n) is 3.36. The lowest BCUT2D eigenvalue weighted by Gasteiger charge is -2.00. The molecule has 0 N–H and O–H groups in total. The molecule has 0 atom stereocenters. The van der Waals surface area contributed by atoms with Crippen molar-refractivity contribution in [2.24, 2.45) is 15.2 Å². The van der Waals surface area contributed by atoms with Crippen molar-refractivity contribution in [3.8, 4) is 0 Å². The minimum absolute atomic E-state index is 0.698. The molecule has 90 valence electrons. The molecule has 1 aromatic carbocycles. The van der Waals surface area contributed by atoms with Crippen LogP contribution < -0.4 is 0 Å². The number of nitrogens with zero attached hydrogens (tertiary/aromatic N) is 3. The molecule has 0 heterocycles. The quantitative estimate of drug-likeness (QED) is 0.463. The second-order valence-corrected chi connectivity index (χ2v) is 4.35. The number of hydrogen-bond acceptors (Lipinski definition) is 5. The SMILES string of the molecule is C/C=C(/N=Nc1cc(S)ccc1S)C(C)=NC. The maximum atomic E-state index is 4.31. The number of rotatable bonds is 3. The first kappa shape index (κ1) is 14.0. The Labute approximate surface area is 113 Å². The average molecular weight is 265 g/mol. The molecular weight excluding hydrogens is 250 g/mol. The van der Waals surface area contributed by atoms with Crippen molar-refractivity contribution < 1.29 is 0 Å². The van der Waals surface area contributed by atoms with E-state index in [2.05, 4.69) is 40.5 Å². The van der Waals surface area contributed by atoms with Crippen LogP contribution >= 0.6 is 25.3 Å². The molecule has 0 aliphatic rings. The summed E-state index contributed by atoms with van der Waals surface area (Å²) < 4.78 is 0. The molecular formula is C12H15N3S2. The third-order valence-corrected chi connectivity index (χ3v) is 2.86. The zero-order chi connectivity index (χ0) is 12.8. The van der Waals surface area contributed by atoms with Crippen LogP contribution in [0.5, 0.6) is 0 Å². The summed E-state index contributed by atoms with van der Waals surface area (Å²) in [5.41, 5.74) is 2.30. The third kappa shape index (κ3) is 4.02. The van der Waals surface area contributed by atoms with Gasteiger partial charge in [-0.25, -0.2) is 0 Å². The Morgan fingerprint density at radius 2 is 2.00 bits per heavy atom. The van der Waals surface area contributed by atoms with E-state index in [-0.39, 0.29) is 0 Å². The van der Waals surface area contributed by atoms with Crippen LogP contribution in [0.3, 0.4) is 0 Å². The summed E-state index contributed by atoms with van der Waals surface area (Å²) in [6.45, 7) is 3.80. The van der Waals surface area contributed by atoms with Gasteiger partial charge in [0.05, 0.1) is 5.71 Å². The Morgan fingerprint density at radius 3 is 2.59 bits per heavy atom. The van der Waals surface area contributed by atoms with Gasteiger partial charge in [-0.2, -0.15) is 0 Å². The van der Waals surface area contributed by atoms with Gasteiger partial charge in [-0.05, 0) is 32.0 Å². The van der Waals surface area contributed by atoms with Crippen LogP contribution in [0.4, 0.5) is 5.69 Å². The van der Waals surface area contributed by atoms with Crippen molar-refractivity contribution in [3.05, 3.63) is 30.0 Å². The van der Waals surface area contributed by atoms with Gasteiger partial charge in [0.2, 0.25) is 0 Å². The van der Waals surface area contributed by atoms with E-state index >= 15 is 0 Å². The molecule has 0 fully saturated rings. The highest BCUT2D eigenvalue weighted by atomic mass is 32.1. The molecule has 0 unspecified atom stereocenters. The van der Waals surface area contributed by atoms with E-state index in [0.29, 0.717) is 5.69 Å². The number of thiol groups is 2. The fraction of sp³-hybridized carbons (Fsp3) is 0.250. The molecule has 0 bridgehead atoms. The molecule has 0 aromatic heterocycles. The predicted molar refractivity (Wildman–Crippen MR) is 78.3 cm³/mol. The Balaban J connectivity index is 3.01. The van der Waals surface area contributed by atoms with Gasteiger partial charge in [-0.1, -0.05) is 6.08 Å². The lowest BCUT2D eigenvalue weighted by atomic mass is 10.3. The first-order valence-corrected chi connectivity index (χ1v) is 6.01. The van der Waals surface area contributed by atoms with Gasteiger partial charge in [0.1, 0.15) is 11.4 Å². The molecule has 0 saturated carbocycles. The summed E-state index contributed by atoms with van der Waals surface area (Å²) >= 11 is 8.57. The standard InChI is InChI=1S/C12H15N3S2/c1-4-10(8(2)13-3)14-15-11-7-9(16)5-6-12(11)17/h4-7,16-17H,1-3H3/b10-4+,13-8?,15-14?. The van der Waals surface area contributed by atoms with Crippen LogP contribution in [0.25, 0.3) is 0 Å². The van der Waals surface area contributed by atoms with E-state index in [4.69, 9.17) is 0 Å². The maximum absolute atomic E-state index is 4.31. The lowest BCUT2D eigenvalue weighted by Crippen LogP contribution is -1.92. The molecule has 0 saturated heterocycles. The fourth-order valence-electron chi connectivity index (χ4n) is 1.15. The smallest absolute Gasteiger partial charge is 0.102 e. The summed E-state index contributed by atoms with van der Waals surface area (Å²) in [6.07, 6.45) is 1.87. The van der Waals surface area contributed by atoms with Crippen LogP contribution in [0.2, 0.25) is 0 Å². The van der Waals surface area contributed by atoms with E-state index in [1.54, 1.807) is 7.05 Å². The number of benzene rings is 1. The zero-order valence-electron chi connectivity index (χ0n) is 10.0. The summed E-state index contributed by atoms with van der Waals surface area (Å²) in [5, 5.41) is 8.32. The molecule has 17 heavy (non-hydrogen) atoms. The van der Waals surface area contributed by atoms with Crippen molar-refractivity contribution in [2.75, 3.05) is 7.05 Å². The van der Waals surface area contributed by atoms with Gasteiger partial charge >= 0.3 is 0 Å². The molecule has 0 amide bonds. The fourth-order valence-corrected chi connectivity index (χ4v) is 1.53. The first-order valence-electron chi connectivity index (χ1n) is 5.12. The van der Waals surface area contributed by atoms with E-state index in [1.807, 2.05) is 38.1 Å². The van der Waals surface area contributed by atoms with Crippen molar-refractivity contribution >= 4 is 36.7 Å². The second kappa shape index (κ2) is 6.61. The van der Waals surface area contributed by atoms with Gasteiger partial charge < -0.3 is 0 Å². The monoisotopic (exact) mass is 265 g/mol. The molecule has 0 spiro atoms. The normalized spacial score (nSPS) is 13.5. The zero-order valence-corrected chi connectivity index (χ0v) is 11.8. The van der Waals surface area contributed by atoms with Gasteiger partial charge in [0.15, 0.2) is 0 Å². The minimum atomic E-state index is 0.698. The van der Waals surface area contributed by atoms with E-state index in [1.165, 1.54) is 0 Å². The topological polar surface area (TPSA) is 37.1 Å². The molecule has 1 aromatic rings. The van der Waals surface area contributed by atoms with Crippen LogP contribution in [0.1, 0.15) is 13.8 Å². The lowest BCUT2D eigenvalue weighted by molar-refractivity contribution is 1.14. The van der Waals surface area contributed by atoms with Crippen LogP contribution in [-0.2, 0) is 0 Å². The highest BCUT2D eigenvalue weighted by Gasteiger charge is 2.00. The Kier molecular flexibility index (Phi) is 5.44. The molecule has 3 nitrogen and oxygen atoms in total. The van der Waals surface area contributed by atoms with E-state index in [0.717, 1.165) is 21.2 Å². The number of allylic oxidation sites excluding steroid dienone is 2. The van der Waals surface area contributed by atoms with Gasteiger partial charge in [0.25, 0.3) is 0 Å². The molecule has 0 radical (unpaired) electrons. The maximum Gasteiger partial charge on any atom is 0.102 e.